The van der Waals surface area contributed by atoms with Gasteiger partial charge in [-0.25, -0.2) is 4.39 Å². The molecule has 2 aromatic carbocycles. The lowest BCUT2D eigenvalue weighted by atomic mass is 9.92. The predicted molar refractivity (Wildman–Crippen MR) is 93.5 cm³/mol. The van der Waals surface area contributed by atoms with Crippen molar-refractivity contribution in [2.24, 2.45) is 10.2 Å². The van der Waals surface area contributed by atoms with E-state index in [0.717, 1.165) is 23.1 Å². The average molecular weight is 393 g/mol. The fourth-order valence-corrected chi connectivity index (χ4v) is 3.30. The lowest BCUT2D eigenvalue weighted by molar-refractivity contribution is 0.354. The summed E-state index contributed by atoms with van der Waals surface area (Å²) in [6.07, 6.45) is 0.762. The summed E-state index contributed by atoms with van der Waals surface area (Å²) in [5.41, 5.74) is 2.98. The third kappa shape index (κ3) is 3.15. The molecule has 2 aromatic rings. The molecule has 126 valence electrons. The van der Waals surface area contributed by atoms with Gasteiger partial charge in [0.25, 0.3) is 0 Å². The molecule has 1 heterocycles. The zero-order valence-electron chi connectivity index (χ0n) is 13.7. The summed E-state index contributed by atoms with van der Waals surface area (Å²) in [6.45, 7) is 2.02. The molecule has 0 fully saturated rings. The maximum absolute atomic E-state index is 13.6. The van der Waals surface area contributed by atoms with Crippen LogP contribution in [0.5, 0.6) is 11.5 Å². The molecular formula is C18H18BrFN2O2. The van der Waals surface area contributed by atoms with Crippen LogP contribution in [0.1, 0.15) is 29.7 Å². The highest BCUT2D eigenvalue weighted by Gasteiger charge is 2.25. The highest BCUT2D eigenvalue weighted by Crippen LogP contribution is 2.40. The number of methoxy groups -OCH3 is 2. The number of azo groups is 1. The van der Waals surface area contributed by atoms with Crippen LogP contribution in [0.2, 0.25) is 0 Å². The van der Waals surface area contributed by atoms with Crippen LogP contribution in [0.25, 0.3) is 0 Å². The summed E-state index contributed by atoms with van der Waals surface area (Å²) in [7, 11) is 3.22. The molecule has 0 saturated carbocycles. The average Bonchev–Trinajstić information content (AvgIpc) is 2.74. The normalized spacial score (nSPS) is 19.5. The minimum absolute atomic E-state index is 0.0655. The first-order chi connectivity index (χ1) is 11.5. The zero-order chi connectivity index (χ0) is 17.3. The predicted octanol–water partition coefficient (Wildman–Crippen LogP) is 5.09. The van der Waals surface area contributed by atoms with Gasteiger partial charge in [0.15, 0.2) is 11.5 Å². The van der Waals surface area contributed by atoms with Crippen LogP contribution in [0, 0.1) is 5.82 Å². The third-order valence-electron chi connectivity index (χ3n) is 4.09. The Balaban J connectivity index is 2.17. The second-order valence-corrected chi connectivity index (χ2v) is 6.62. The first-order valence-electron chi connectivity index (χ1n) is 7.63. The first-order valence-corrected chi connectivity index (χ1v) is 8.42. The highest BCUT2D eigenvalue weighted by atomic mass is 79.9. The smallest absolute Gasteiger partial charge is 0.161 e. The molecule has 1 aliphatic rings. The Kier molecular flexibility index (Phi) is 4.85. The summed E-state index contributed by atoms with van der Waals surface area (Å²) in [5, 5.41) is 8.90. The van der Waals surface area contributed by atoms with Crippen molar-refractivity contribution in [3.8, 4) is 11.5 Å². The second kappa shape index (κ2) is 6.89. The number of hydrogen-bond donors (Lipinski definition) is 0. The van der Waals surface area contributed by atoms with Gasteiger partial charge in [0.05, 0.1) is 24.7 Å². The van der Waals surface area contributed by atoms with E-state index in [4.69, 9.17) is 9.47 Å². The van der Waals surface area contributed by atoms with Crippen molar-refractivity contribution >= 4 is 15.9 Å². The van der Waals surface area contributed by atoms with Crippen molar-refractivity contribution in [1.82, 2.24) is 0 Å². The van der Waals surface area contributed by atoms with Crippen molar-refractivity contribution in [1.29, 1.82) is 0 Å². The molecule has 0 spiro atoms. The summed E-state index contributed by atoms with van der Waals surface area (Å²) < 4.78 is 24.8. The van der Waals surface area contributed by atoms with Gasteiger partial charge >= 0.3 is 0 Å². The standard InChI is InChI=1S/C18H18BrFN2O2/c1-10-6-12-8-16(23-2)17(24-3)9-13(12)18(22-21-10)11-4-5-15(20)14(19)7-11/h4-5,7-10,18H,6H2,1-3H3. The molecule has 0 amide bonds. The zero-order valence-corrected chi connectivity index (χ0v) is 15.3. The topological polar surface area (TPSA) is 43.2 Å². The van der Waals surface area contributed by atoms with Gasteiger partial charge in [-0.05, 0) is 70.2 Å². The van der Waals surface area contributed by atoms with Gasteiger partial charge < -0.3 is 9.47 Å². The molecule has 0 radical (unpaired) electrons. The molecule has 0 aromatic heterocycles. The van der Waals surface area contributed by atoms with E-state index in [1.54, 1.807) is 26.4 Å². The minimum atomic E-state index is -0.304. The highest BCUT2D eigenvalue weighted by molar-refractivity contribution is 9.10. The Morgan fingerprint density at radius 2 is 1.79 bits per heavy atom. The third-order valence-corrected chi connectivity index (χ3v) is 4.70. The molecule has 2 atom stereocenters. The van der Waals surface area contributed by atoms with E-state index in [2.05, 4.69) is 26.2 Å². The maximum atomic E-state index is 13.6. The van der Waals surface area contributed by atoms with Gasteiger partial charge in [-0.15, -0.1) is 0 Å². The molecule has 0 saturated heterocycles. The van der Waals surface area contributed by atoms with Crippen molar-refractivity contribution < 1.29 is 13.9 Å². The van der Waals surface area contributed by atoms with Crippen LogP contribution in [0.15, 0.2) is 45.0 Å². The Morgan fingerprint density at radius 3 is 2.46 bits per heavy atom. The monoisotopic (exact) mass is 392 g/mol. The van der Waals surface area contributed by atoms with E-state index in [0.29, 0.717) is 16.0 Å². The number of hydrogen-bond acceptors (Lipinski definition) is 4. The van der Waals surface area contributed by atoms with Crippen LogP contribution < -0.4 is 9.47 Å². The molecule has 0 bridgehead atoms. The van der Waals surface area contributed by atoms with Gasteiger partial charge in [-0.3, -0.25) is 0 Å². The molecule has 1 aliphatic heterocycles. The van der Waals surface area contributed by atoms with E-state index in [9.17, 15) is 4.39 Å². The molecule has 6 heteroatoms. The van der Waals surface area contributed by atoms with Crippen LogP contribution in [-0.2, 0) is 6.42 Å². The molecule has 0 aliphatic carbocycles. The molecule has 24 heavy (non-hydrogen) atoms. The van der Waals surface area contributed by atoms with Gasteiger partial charge in [-0.1, -0.05) is 6.07 Å². The minimum Gasteiger partial charge on any atom is -0.493 e. The van der Waals surface area contributed by atoms with Gasteiger partial charge in [-0.2, -0.15) is 10.2 Å². The number of rotatable bonds is 3. The summed E-state index contributed by atoms with van der Waals surface area (Å²) >= 11 is 3.24. The Labute approximate surface area is 148 Å². The van der Waals surface area contributed by atoms with Crippen molar-refractivity contribution in [2.75, 3.05) is 14.2 Å². The number of benzene rings is 2. The van der Waals surface area contributed by atoms with E-state index >= 15 is 0 Å². The van der Waals surface area contributed by atoms with E-state index in [1.165, 1.54) is 6.07 Å². The molecular weight excluding hydrogens is 375 g/mol. The lowest BCUT2D eigenvalue weighted by Gasteiger charge is -2.18. The van der Waals surface area contributed by atoms with Gasteiger partial charge in [0.2, 0.25) is 0 Å². The fraction of sp³-hybridized carbons (Fsp3) is 0.333. The van der Waals surface area contributed by atoms with E-state index in [-0.39, 0.29) is 17.9 Å². The maximum Gasteiger partial charge on any atom is 0.161 e. The molecule has 3 rings (SSSR count). The van der Waals surface area contributed by atoms with Crippen molar-refractivity contribution in [3.05, 3.63) is 57.3 Å². The van der Waals surface area contributed by atoms with E-state index < -0.39 is 0 Å². The Hall–Kier alpha value is -1.95. The Bertz CT molecular complexity index is 795. The van der Waals surface area contributed by atoms with Crippen LogP contribution >= 0.6 is 15.9 Å². The summed E-state index contributed by atoms with van der Waals surface area (Å²) in [5.74, 6) is 1.03. The molecule has 4 nitrogen and oxygen atoms in total. The van der Waals surface area contributed by atoms with Crippen molar-refractivity contribution in [3.63, 3.8) is 0 Å². The largest absolute Gasteiger partial charge is 0.493 e. The number of ether oxygens (including phenoxy) is 2. The lowest BCUT2D eigenvalue weighted by Crippen LogP contribution is -2.06. The van der Waals surface area contributed by atoms with Crippen LogP contribution in [0.3, 0.4) is 0 Å². The first kappa shape index (κ1) is 16.9. The SMILES string of the molecule is COc1cc2c(cc1OC)C(c1ccc(F)c(Br)c1)N=NC(C)C2. The molecule has 2 unspecified atom stereocenters. The van der Waals surface area contributed by atoms with Crippen molar-refractivity contribution in [2.45, 2.75) is 25.4 Å². The number of nitrogens with zero attached hydrogens (tertiary/aromatic N) is 2. The van der Waals surface area contributed by atoms with E-state index in [1.807, 2.05) is 19.1 Å². The van der Waals surface area contributed by atoms with Gasteiger partial charge in [0.1, 0.15) is 11.9 Å². The quantitative estimate of drug-likeness (QED) is 0.729. The summed E-state index contributed by atoms with van der Waals surface area (Å²) in [4.78, 5) is 0. The van der Waals surface area contributed by atoms with Gasteiger partial charge in [0, 0.05) is 0 Å². The number of fused-ring (bicyclic) bond motifs is 1. The molecule has 0 N–H and O–H groups in total. The Morgan fingerprint density at radius 1 is 1.08 bits per heavy atom. The summed E-state index contributed by atoms with van der Waals surface area (Å²) in [6, 6.07) is 8.59. The number of halogens is 2. The fourth-order valence-electron chi connectivity index (χ4n) is 2.90. The second-order valence-electron chi connectivity index (χ2n) is 5.77. The van der Waals surface area contributed by atoms with Crippen LogP contribution in [-0.4, -0.2) is 20.3 Å². The van der Waals surface area contributed by atoms with Crippen LogP contribution in [0.4, 0.5) is 4.39 Å².